The van der Waals surface area contributed by atoms with Crippen LogP contribution >= 0.6 is 0 Å². The third-order valence-electron chi connectivity index (χ3n) is 0.0833. The Labute approximate surface area is 65.7 Å². The number of hydrogen-bond donors (Lipinski definition) is 1. The van der Waals surface area contributed by atoms with Gasteiger partial charge in [-0.25, -0.2) is 12.7 Å². The molecule has 0 aromatic rings. The van der Waals surface area contributed by atoms with Crippen molar-refractivity contribution in [1.82, 2.24) is 6.15 Å². The third-order valence-corrected chi connectivity index (χ3v) is 0.0833. The Bertz CT molecular complexity index is 35.9. The number of rotatable bonds is 1. The summed E-state index contributed by atoms with van der Waals surface area (Å²) in [6, 6.07) is 0. The first kappa shape index (κ1) is 26.0. The van der Waals surface area contributed by atoms with Gasteiger partial charge < -0.3 is 10.9 Å². The van der Waals surface area contributed by atoms with Crippen LogP contribution in [0.4, 0.5) is 0 Å². The van der Waals surface area contributed by atoms with E-state index in [1.807, 2.05) is 0 Å². The molecule has 4 heteroatoms. The van der Waals surface area contributed by atoms with Crippen LogP contribution < -0.4 is 6.15 Å². The van der Waals surface area contributed by atoms with E-state index >= 15 is 0 Å². The fourth-order valence-electron chi connectivity index (χ4n) is 0. The van der Waals surface area contributed by atoms with E-state index in [0.717, 1.165) is 6.08 Å². The Kier molecular flexibility index (Phi) is 118. The number of hydrogen-bond acceptors (Lipinski definition) is 2. The largest absolute Gasteiger partial charge is 0.419 e. The summed E-state index contributed by atoms with van der Waals surface area (Å²) < 4.78 is 0. The van der Waals surface area contributed by atoms with E-state index in [4.69, 9.17) is 4.79 Å². The Balaban J connectivity index is -0.0000000150. The Morgan fingerprint density at radius 2 is 1.71 bits per heavy atom. The molecule has 0 aliphatic rings. The third kappa shape index (κ3) is 59.6. The monoisotopic (exact) mass is 179 g/mol. The van der Waals surface area contributed by atoms with Crippen LogP contribution in [0, 0.1) is 0 Å². The maximum absolute atomic E-state index is 8.93. The topological polar surface area (TPSA) is 52.1 Å². The van der Waals surface area contributed by atoms with Crippen LogP contribution in [0.25, 0.3) is 0 Å². The quantitative estimate of drug-likeness (QED) is 0.360. The second-order valence-electron chi connectivity index (χ2n) is 0.322. The first-order valence-electron chi connectivity index (χ1n) is 0.901. The van der Waals surface area contributed by atoms with E-state index < -0.39 is 0 Å². The van der Waals surface area contributed by atoms with Crippen LogP contribution in [0.1, 0.15) is 0 Å². The summed E-state index contributed by atoms with van der Waals surface area (Å²) in [5, 5.41) is 0. The van der Waals surface area contributed by atoms with Crippen molar-refractivity contribution in [3.8, 4) is 0 Å². The molecule has 3 N–H and O–H groups in total. The van der Waals surface area contributed by atoms with Gasteiger partial charge in [0.25, 0.3) is 0 Å². The van der Waals surface area contributed by atoms with Crippen LogP contribution in [-0.4, -0.2) is 6.29 Å². The van der Waals surface area contributed by atoms with E-state index in [1.54, 1.807) is 0 Å². The molecule has 0 amide bonds. The minimum absolute atomic E-state index is 0. The van der Waals surface area contributed by atoms with Crippen molar-refractivity contribution in [3.63, 3.8) is 0 Å². The summed E-state index contributed by atoms with van der Waals surface area (Å²) in [6.45, 7) is 3.06. The summed E-state index contributed by atoms with van der Waals surface area (Å²) in [5.41, 5.74) is 0. The molecule has 0 aromatic carbocycles. The van der Waals surface area contributed by atoms with Crippen molar-refractivity contribution in [2.75, 3.05) is 0 Å². The minimum atomic E-state index is 0. The Morgan fingerprint density at radius 3 is 1.71 bits per heavy atom. The van der Waals surface area contributed by atoms with Crippen molar-refractivity contribution in [3.05, 3.63) is 12.7 Å². The van der Waals surface area contributed by atoms with Gasteiger partial charge in [0, 0.05) is 35.6 Å². The summed E-state index contributed by atoms with van der Waals surface area (Å²) >= 11 is 0. The molecule has 0 unspecified atom stereocenters. The molecule has 0 aliphatic carbocycles. The van der Waals surface area contributed by atoms with Crippen LogP contribution in [0.5, 0.6) is 0 Å². The van der Waals surface area contributed by atoms with Gasteiger partial charge in [-0.05, 0) is 6.29 Å². The smallest absolute Gasteiger partial charge is 0 e. The molecule has 0 saturated heterocycles. The Hall–Kier alpha value is 0.474. The second-order valence-corrected chi connectivity index (χ2v) is 0.322. The summed E-state index contributed by atoms with van der Waals surface area (Å²) in [7, 11) is 0. The van der Waals surface area contributed by atoms with Crippen molar-refractivity contribution in [2.45, 2.75) is 0 Å². The zero-order chi connectivity index (χ0) is 3.41. The zero-order valence-electron chi connectivity index (χ0n) is 3.70. The molecule has 0 heterocycles. The first-order chi connectivity index (χ1) is 1.91. The van der Waals surface area contributed by atoms with Crippen LogP contribution in [0.15, 0.2) is 12.7 Å². The van der Waals surface area contributed by atoms with E-state index in [-0.39, 0.29) is 41.8 Å². The van der Waals surface area contributed by atoms with Gasteiger partial charge in [-0.3, -0.25) is 0 Å². The number of carbonyl (C=O) groups excluding carboxylic acids is 1. The van der Waals surface area contributed by atoms with E-state index in [9.17, 15) is 0 Å². The van der Waals surface area contributed by atoms with Gasteiger partial charge in [0.1, 0.15) is 0 Å². The van der Waals surface area contributed by atoms with Crippen LogP contribution in [0.2, 0.25) is 0 Å². The van der Waals surface area contributed by atoms with Gasteiger partial charge in [0.05, 0.1) is 0 Å². The van der Waals surface area contributed by atoms with Crippen LogP contribution in [-0.2, 0) is 40.4 Å². The zero-order valence-corrected chi connectivity index (χ0v) is 6.20. The molecule has 43 valence electrons. The average Bonchev–Trinajstić information content (AvgIpc) is 1.37. The molecular formula is C3H6FeNOV-. The van der Waals surface area contributed by atoms with Gasteiger partial charge in [-0.15, -0.1) is 0 Å². The molecule has 0 spiro atoms. The predicted molar refractivity (Wildman–Crippen MR) is 20.9 cm³/mol. The molecule has 0 aromatic heterocycles. The van der Waals surface area contributed by atoms with Crippen molar-refractivity contribution in [2.24, 2.45) is 0 Å². The van der Waals surface area contributed by atoms with Gasteiger partial charge in [-0.1, -0.05) is 0 Å². The van der Waals surface area contributed by atoms with Gasteiger partial charge in [0.2, 0.25) is 0 Å². The molecule has 0 fully saturated rings. The average molecular weight is 179 g/mol. The van der Waals surface area contributed by atoms with Crippen molar-refractivity contribution < 1.29 is 40.4 Å². The molecule has 0 atom stereocenters. The second kappa shape index (κ2) is 31.7. The van der Waals surface area contributed by atoms with Gasteiger partial charge in [-0.2, -0.15) is 0 Å². The summed E-state index contributed by atoms with van der Waals surface area (Å²) in [5.74, 6) is 0. The molecular weight excluding hydrogens is 173 g/mol. The maximum Gasteiger partial charge on any atom is 0 e. The summed E-state index contributed by atoms with van der Waals surface area (Å²) in [6.07, 6.45) is 2.51. The minimum Gasteiger partial charge on any atom is -0.419 e. The van der Waals surface area contributed by atoms with E-state index in [1.165, 1.54) is 6.29 Å². The Morgan fingerprint density at radius 1 is 1.57 bits per heavy atom. The first-order valence-corrected chi connectivity index (χ1v) is 0.901. The molecule has 2 nitrogen and oxygen atoms in total. The standard InChI is InChI=1S/C3H3O.Fe.H3N.V/c1-2-3-4;;;/h2H,1H2;;1H3;/q-1;;;. The fraction of sp³-hybridized carbons (Fsp3) is 0. The fourth-order valence-corrected chi connectivity index (χ4v) is 0. The number of allylic oxidation sites excluding steroid dienone is 1. The predicted octanol–water partition coefficient (Wildman–Crippen LogP) is 0.439. The van der Waals surface area contributed by atoms with E-state index in [0.29, 0.717) is 0 Å². The van der Waals surface area contributed by atoms with E-state index in [2.05, 4.69) is 6.58 Å². The van der Waals surface area contributed by atoms with Crippen molar-refractivity contribution in [1.29, 1.82) is 0 Å². The molecule has 0 bridgehead atoms. The molecule has 0 aliphatic heterocycles. The van der Waals surface area contributed by atoms with Crippen molar-refractivity contribution >= 4 is 6.29 Å². The molecule has 1 radical (unpaired) electrons. The molecule has 0 rings (SSSR count). The SMILES string of the molecule is C=C[C-]=O.N.[Fe].[V]. The van der Waals surface area contributed by atoms with Crippen LogP contribution in [0.3, 0.4) is 0 Å². The maximum atomic E-state index is 8.93. The summed E-state index contributed by atoms with van der Waals surface area (Å²) in [4.78, 5) is 8.93. The molecule has 7 heavy (non-hydrogen) atoms. The molecule has 0 saturated carbocycles. The van der Waals surface area contributed by atoms with Gasteiger partial charge in [0.15, 0.2) is 0 Å². The van der Waals surface area contributed by atoms with Gasteiger partial charge >= 0.3 is 0 Å². The normalized spacial score (nSPS) is 2.86.